The molecule has 0 spiro atoms. The Morgan fingerprint density at radius 2 is 2.26 bits per heavy atom. The topological polar surface area (TPSA) is 83.3 Å². The fraction of sp³-hybridized carbons (Fsp3) is 0.583. The lowest BCUT2D eigenvalue weighted by atomic mass is 10.2. The van der Waals surface area contributed by atoms with E-state index in [0.29, 0.717) is 17.9 Å². The molecule has 19 heavy (non-hydrogen) atoms. The molecular weight excluding hydrogens is 246 g/mol. The molecule has 7 nitrogen and oxygen atoms in total. The van der Waals surface area contributed by atoms with Crippen molar-refractivity contribution in [2.75, 3.05) is 44.6 Å². The number of nitrogens with one attached hydrogen (secondary N) is 2. The van der Waals surface area contributed by atoms with Crippen molar-refractivity contribution in [2.24, 2.45) is 0 Å². The molecule has 2 rings (SSSR count). The molecule has 104 valence electrons. The molecule has 0 atom stereocenters. The van der Waals surface area contributed by atoms with Crippen molar-refractivity contribution in [3.05, 3.63) is 27.9 Å². The van der Waals surface area contributed by atoms with E-state index in [4.69, 9.17) is 0 Å². The van der Waals surface area contributed by atoms with Gasteiger partial charge in [-0.05, 0) is 13.0 Å². The first-order valence-corrected chi connectivity index (χ1v) is 6.45. The van der Waals surface area contributed by atoms with E-state index in [2.05, 4.69) is 20.5 Å². The van der Waals surface area contributed by atoms with E-state index in [-0.39, 0.29) is 10.6 Å². The number of hydrogen-bond acceptors (Lipinski definition) is 6. The minimum absolute atomic E-state index is 0.0720. The summed E-state index contributed by atoms with van der Waals surface area (Å²) >= 11 is 0. The van der Waals surface area contributed by atoms with Gasteiger partial charge in [-0.2, -0.15) is 0 Å². The maximum absolute atomic E-state index is 11.0. The van der Waals surface area contributed by atoms with Gasteiger partial charge in [-0.1, -0.05) is 0 Å². The zero-order chi connectivity index (χ0) is 13.7. The Labute approximate surface area is 112 Å². The van der Waals surface area contributed by atoms with Crippen molar-refractivity contribution in [3.63, 3.8) is 0 Å². The summed E-state index contributed by atoms with van der Waals surface area (Å²) < 4.78 is 0. The summed E-state index contributed by atoms with van der Waals surface area (Å²) in [6.45, 7) is 7.30. The molecule has 0 aromatic carbocycles. The van der Waals surface area contributed by atoms with Gasteiger partial charge in [0.1, 0.15) is 0 Å². The molecule has 0 unspecified atom stereocenters. The monoisotopic (exact) mass is 265 g/mol. The zero-order valence-corrected chi connectivity index (χ0v) is 11.1. The molecular formula is C12H19N5O2. The van der Waals surface area contributed by atoms with Crippen molar-refractivity contribution in [2.45, 2.75) is 6.92 Å². The summed E-state index contributed by atoms with van der Waals surface area (Å²) in [5.74, 6) is 0.361. The van der Waals surface area contributed by atoms with E-state index in [1.807, 2.05) is 0 Å². The van der Waals surface area contributed by atoms with Crippen LogP contribution in [0.3, 0.4) is 0 Å². The lowest BCUT2D eigenvalue weighted by Gasteiger charge is -2.27. The number of pyridine rings is 1. The Bertz CT molecular complexity index is 446. The quantitative estimate of drug-likeness (QED) is 0.599. The molecule has 0 saturated carbocycles. The zero-order valence-electron chi connectivity index (χ0n) is 11.1. The summed E-state index contributed by atoms with van der Waals surface area (Å²) in [4.78, 5) is 17.0. The second kappa shape index (κ2) is 6.44. The molecule has 1 aliphatic rings. The number of nitro groups is 1. The predicted octanol–water partition coefficient (Wildman–Crippen LogP) is 0.615. The van der Waals surface area contributed by atoms with Gasteiger partial charge in [0.25, 0.3) is 0 Å². The maximum atomic E-state index is 11.0. The summed E-state index contributed by atoms with van der Waals surface area (Å²) in [5.41, 5.74) is 0.701. The van der Waals surface area contributed by atoms with Crippen LogP contribution in [0.25, 0.3) is 0 Å². The average molecular weight is 265 g/mol. The first-order valence-electron chi connectivity index (χ1n) is 6.45. The lowest BCUT2D eigenvalue weighted by molar-refractivity contribution is -0.384. The molecule has 2 heterocycles. The van der Waals surface area contributed by atoms with Crippen LogP contribution >= 0.6 is 0 Å². The minimum Gasteiger partial charge on any atom is -0.363 e. The van der Waals surface area contributed by atoms with Gasteiger partial charge < -0.3 is 10.6 Å². The van der Waals surface area contributed by atoms with Gasteiger partial charge in [-0.3, -0.25) is 15.0 Å². The van der Waals surface area contributed by atoms with Crippen LogP contribution in [0.2, 0.25) is 0 Å². The molecule has 7 heteroatoms. The molecule has 0 amide bonds. The Kier molecular flexibility index (Phi) is 4.64. The average Bonchev–Trinajstić information content (AvgIpc) is 2.39. The predicted molar refractivity (Wildman–Crippen MR) is 73.4 cm³/mol. The third-order valence-corrected chi connectivity index (χ3v) is 3.24. The third-order valence-electron chi connectivity index (χ3n) is 3.24. The molecule has 0 aliphatic carbocycles. The van der Waals surface area contributed by atoms with E-state index < -0.39 is 0 Å². The number of nitrogens with zero attached hydrogens (tertiary/aromatic N) is 3. The second-order valence-corrected chi connectivity index (χ2v) is 4.60. The molecule has 0 bridgehead atoms. The second-order valence-electron chi connectivity index (χ2n) is 4.60. The first kappa shape index (κ1) is 13.7. The molecule has 1 aromatic rings. The smallest absolute Gasteiger partial charge is 0.314 e. The highest BCUT2D eigenvalue weighted by molar-refractivity contribution is 5.59. The molecule has 1 aromatic heterocycles. The molecule has 1 aliphatic heterocycles. The summed E-state index contributed by atoms with van der Waals surface area (Å²) in [5, 5.41) is 17.4. The first-order chi connectivity index (χ1) is 9.18. The summed E-state index contributed by atoms with van der Waals surface area (Å²) in [7, 11) is 0. The summed E-state index contributed by atoms with van der Waals surface area (Å²) in [6.07, 6.45) is 1.59. The number of piperazine rings is 1. The molecule has 2 N–H and O–H groups in total. The highest BCUT2D eigenvalue weighted by Gasteiger charge is 2.18. The van der Waals surface area contributed by atoms with Gasteiger partial charge in [0, 0.05) is 51.0 Å². The van der Waals surface area contributed by atoms with Gasteiger partial charge in [-0.25, -0.2) is 4.98 Å². The number of aromatic nitrogens is 1. The Morgan fingerprint density at radius 3 is 2.95 bits per heavy atom. The summed E-state index contributed by atoms with van der Waals surface area (Å²) in [6, 6.07) is 1.65. The van der Waals surface area contributed by atoms with Crippen LogP contribution in [-0.4, -0.2) is 54.1 Å². The Morgan fingerprint density at radius 1 is 1.53 bits per heavy atom. The van der Waals surface area contributed by atoms with Crippen molar-refractivity contribution in [1.82, 2.24) is 15.2 Å². The minimum atomic E-state index is -0.379. The van der Waals surface area contributed by atoms with Crippen molar-refractivity contribution in [1.29, 1.82) is 0 Å². The third kappa shape index (κ3) is 3.62. The number of rotatable bonds is 5. The Hall–Kier alpha value is -1.73. The van der Waals surface area contributed by atoms with E-state index in [0.717, 1.165) is 32.7 Å². The van der Waals surface area contributed by atoms with Gasteiger partial charge in [0.05, 0.1) is 4.92 Å². The fourth-order valence-electron chi connectivity index (χ4n) is 2.18. The number of anilines is 1. The van der Waals surface area contributed by atoms with E-state index in [1.54, 1.807) is 19.2 Å². The van der Waals surface area contributed by atoms with Crippen molar-refractivity contribution >= 4 is 11.5 Å². The van der Waals surface area contributed by atoms with Crippen LogP contribution in [-0.2, 0) is 0 Å². The van der Waals surface area contributed by atoms with E-state index >= 15 is 0 Å². The van der Waals surface area contributed by atoms with Crippen molar-refractivity contribution in [3.8, 4) is 0 Å². The fourth-order valence-corrected chi connectivity index (χ4v) is 2.18. The molecule has 1 fully saturated rings. The SMILES string of the molecule is Cc1ccnc(NCCN2CCNCC2)c1[N+](=O)[O-]. The van der Waals surface area contributed by atoms with Crippen LogP contribution in [0, 0.1) is 17.0 Å². The van der Waals surface area contributed by atoms with Crippen LogP contribution in [0.5, 0.6) is 0 Å². The van der Waals surface area contributed by atoms with Gasteiger partial charge >= 0.3 is 5.69 Å². The highest BCUT2D eigenvalue weighted by Crippen LogP contribution is 2.24. The maximum Gasteiger partial charge on any atom is 0.314 e. The largest absolute Gasteiger partial charge is 0.363 e. The standard InChI is InChI=1S/C12H19N5O2/c1-10-2-3-14-12(11(10)17(18)19)15-6-9-16-7-4-13-5-8-16/h2-3,13H,4-9H2,1H3,(H,14,15). The van der Waals surface area contributed by atoms with Gasteiger partial charge in [0.2, 0.25) is 5.82 Å². The normalized spacial score (nSPS) is 16.3. The van der Waals surface area contributed by atoms with Crippen LogP contribution < -0.4 is 10.6 Å². The van der Waals surface area contributed by atoms with Gasteiger partial charge in [0.15, 0.2) is 0 Å². The molecule has 0 radical (unpaired) electrons. The van der Waals surface area contributed by atoms with E-state index in [9.17, 15) is 10.1 Å². The van der Waals surface area contributed by atoms with E-state index in [1.165, 1.54) is 0 Å². The Balaban J connectivity index is 1.92. The van der Waals surface area contributed by atoms with Gasteiger partial charge in [-0.15, -0.1) is 0 Å². The number of aryl methyl sites for hydroxylation is 1. The highest BCUT2D eigenvalue weighted by atomic mass is 16.6. The number of hydrogen-bond donors (Lipinski definition) is 2. The van der Waals surface area contributed by atoms with Crippen LogP contribution in [0.4, 0.5) is 11.5 Å². The van der Waals surface area contributed by atoms with Crippen LogP contribution in [0.15, 0.2) is 12.3 Å². The lowest BCUT2D eigenvalue weighted by Crippen LogP contribution is -2.45. The van der Waals surface area contributed by atoms with Crippen molar-refractivity contribution < 1.29 is 4.92 Å². The van der Waals surface area contributed by atoms with Crippen LogP contribution in [0.1, 0.15) is 5.56 Å². The molecule has 1 saturated heterocycles.